The zero-order valence-electron chi connectivity index (χ0n) is 11.1. The number of ketones is 1. The molecule has 0 amide bonds. The van der Waals surface area contributed by atoms with Gasteiger partial charge < -0.3 is 5.11 Å². The summed E-state index contributed by atoms with van der Waals surface area (Å²) >= 11 is 0. The molecule has 102 valence electrons. The summed E-state index contributed by atoms with van der Waals surface area (Å²) in [5.41, 5.74) is 0.683. The van der Waals surface area contributed by atoms with Gasteiger partial charge in [0.25, 0.3) is 0 Å². The van der Waals surface area contributed by atoms with Crippen LogP contribution in [0.3, 0.4) is 0 Å². The minimum Gasteiger partial charge on any atom is -0.508 e. The van der Waals surface area contributed by atoms with E-state index in [1.165, 1.54) is 12.8 Å². The minimum absolute atomic E-state index is 0.139. The third-order valence-electron chi connectivity index (χ3n) is 4.03. The third kappa shape index (κ3) is 3.14. The number of phenolic OH excluding ortho intramolecular Hbond substituents is 1. The number of nitrogens with zero attached hydrogens (tertiary/aromatic N) is 2. The van der Waals surface area contributed by atoms with Crippen molar-refractivity contribution in [2.75, 3.05) is 32.7 Å². The van der Waals surface area contributed by atoms with Gasteiger partial charge in [0, 0.05) is 37.8 Å². The van der Waals surface area contributed by atoms with Crippen molar-refractivity contribution in [2.45, 2.75) is 18.9 Å². The van der Waals surface area contributed by atoms with Gasteiger partial charge in [0.2, 0.25) is 0 Å². The number of carbonyl (C=O) groups is 1. The molecule has 2 aliphatic rings. The molecule has 1 aliphatic carbocycles. The van der Waals surface area contributed by atoms with Crippen LogP contribution in [0, 0.1) is 0 Å². The summed E-state index contributed by atoms with van der Waals surface area (Å²) in [5.74, 6) is 0.342. The number of aromatic hydroxyl groups is 1. The van der Waals surface area contributed by atoms with E-state index >= 15 is 0 Å². The van der Waals surface area contributed by atoms with E-state index < -0.39 is 0 Å². The molecule has 4 nitrogen and oxygen atoms in total. The van der Waals surface area contributed by atoms with Gasteiger partial charge in [-0.25, -0.2) is 0 Å². The average molecular weight is 260 g/mol. The number of hydrogen-bond donors (Lipinski definition) is 1. The van der Waals surface area contributed by atoms with Crippen LogP contribution in [0.4, 0.5) is 0 Å². The van der Waals surface area contributed by atoms with Gasteiger partial charge in [-0.05, 0) is 37.1 Å². The van der Waals surface area contributed by atoms with E-state index in [4.69, 9.17) is 0 Å². The number of Topliss-reactive ketones (excluding diaryl/α,β-unsaturated/α-hetero) is 1. The lowest BCUT2D eigenvalue weighted by molar-refractivity contribution is 0.0843. The number of rotatable bonds is 4. The highest BCUT2D eigenvalue weighted by Crippen LogP contribution is 2.27. The van der Waals surface area contributed by atoms with E-state index in [0.29, 0.717) is 12.1 Å². The molecule has 3 rings (SSSR count). The SMILES string of the molecule is O=C(CN1CCN(C2CC2)CC1)c1ccc(O)cc1. The molecular weight excluding hydrogens is 240 g/mol. The fourth-order valence-electron chi connectivity index (χ4n) is 2.67. The topological polar surface area (TPSA) is 43.8 Å². The Balaban J connectivity index is 1.51. The van der Waals surface area contributed by atoms with Crippen molar-refractivity contribution in [2.24, 2.45) is 0 Å². The molecule has 19 heavy (non-hydrogen) atoms. The quantitative estimate of drug-likeness (QED) is 0.830. The average Bonchev–Trinajstić information content (AvgIpc) is 3.25. The largest absolute Gasteiger partial charge is 0.508 e. The molecule has 1 aliphatic heterocycles. The van der Waals surface area contributed by atoms with E-state index in [1.54, 1.807) is 24.3 Å². The van der Waals surface area contributed by atoms with Gasteiger partial charge >= 0.3 is 0 Å². The zero-order valence-corrected chi connectivity index (χ0v) is 11.1. The maximum absolute atomic E-state index is 12.1. The molecule has 1 aromatic carbocycles. The molecule has 4 heteroatoms. The first-order valence-electron chi connectivity index (χ1n) is 7.01. The second kappa shape index (κ2) is 5.31. The molecule has 0 radical (unpaired) electrons. The van der Waals surface area contributed by atoms with Gasteiger partial charge in [0.05, 0.1) is 6.54 Å². The van der Waals surface area contributed by atoms with Gasteiger partial charge in [-0.2, -0.15) is 0 Å². The van der Waals surface area contributed by atoms with E-state index in [9.17, 15) is 9.90 Å². The Morgan fingerprint density at radius 3 is 2.32 bits per heavy atom. The predicted molar refractivity (Wildman–Crippen MR) is 73.5 cm³/mol. The molecule has 1 aromatic rings. The second-order valence-corrected chi connectivity index (χ2v) is 5.51. The summed E-state index contributed by atoms with van der Waals surface area (Å²) in [7, 11) is 0. The molecule has 0 atom stereocenters. The van der Waals surface area contributed by atoms with Gasteiger partial charge in [-0.1, -0.05) is 0 Å². The van der Waals surface area contributed by atoms with E-state index in [0.717, 1.165) is 32.2 Å². The minimum atomic E-state index is 0.139. The summed E-state index contributed by atoms with van der Waals surface area (Å²) in [6.07, 6.45) is 2.71. The summed E-state index contributed by atoms with van der Waals surface area (Å²) in [6, 6.07) is 7.35. The lowest BCUT2D eigenvalue weighted by Crippen LogP contribution is -2.48. The van der Waals surface area contributed by atoms with Crippen LogP contribution in [0.1, 0.15) is 23.2 Å². The number of phenols is 1. The molecule has 1 saturated heterocycles. The third-order valence-corrected chi connectivity index (χ3v) is 4.03. The Morgan fingerprint density at radius 1 is 1.11 bits per heavy atom. The molecule has 0 aromatic heterocycles. The van der Waals surface area contributed by atoms with Crippen molar-refractivity contribution >= 4 is 5.78 Å². The Labute approximate surface area is 113 Å². The van der Waals surface area contributed by atoms with Gasteiger partial charge in [0.1, 0.15) is 5.75 Å². The van der Waals surface area contributed by atoms with Gasteiger partial charge in [-0.15, -0.1) is 0 Å². The van der Waals surface area contributed by atoms with E-state index in [2.05, 4.69) is 9.80 Å². The predicted octanol–water partition coefficient (Wildman–Crippen LogP) is 1.35. The molecule has 0 unspecified atom stereocenters. The van der Waals surface area contributed by atoms with Crippen molar-refractivity contribution in [3.63, 3.8) is 0 Å². The van der Waals surface area contributed by atoms with Crippen molar-refractivity contribution in [1.29, 1.82) is 0 Å². The van der Waals surface area contributed by atoms with Crippen LogP contribution < -0.4 is 0 Å². The normalized spacial score (nSPS) is 21.5. The lowest BCUT2D eigenvalue weighted by atomic mass is 10.1. The zero-order chi connectivity index (χ0) is 13.2. The highest BCUT2D eigenvalue weighted by atomic mass is 16.3. The van der Waals surface area contributed by atoms with Crippen molar-refractivity contribution in [3.8, 4) is 5.75 Å². The summed E-state index contributed by atoms with van der Waals surface area (Å²) in [5, 5.41) is 9.22. The van der Waals surface area contributed by atoms with Gasteiger partial charge in [-0.3, -0.25) is 14.6 Å². The van der Waals surface area contributed by atoms with Crippen LogP contribution in [0.5, 0.6) is 5.75 Å². The highest BCUT2D eigenvalue weighted by Gasteiger charge is 2.31. The van der Waals surface area contributed by atoms with Crippen molar-refractivity contribution in [3.05, 3.63) is 29.8 Å². The van der Waals surface area contributed by atoms with Crippen LogP contribution in [0.15, 0.2) is 24.3 Å². The van der Waals surface area contributed by atoms with Crippen LogP contribution in [0.2, 0.25) is 0 Å². The Hall–Kier alpha value is -1.39. The van der Waals surface area contributed by atoms with E-state index in [1.807, 2.05) is 0 Å². The first kappa shape index (κ1) is 12.6. The molecule has 1 saturated carbocycles. The van der Waals surface area contributed by atoms with Crippen LogP contribution in [-0.4, -0.2) is 59.5 Å². The second-order valence-electron chi connectivity index (χ2n) is 5.51. The molecular formula is C15H20N2O2. The van der Waals surface area contributed by atoms with Gasteiger partial charge in [0.15, 0.2) is 5.78 Å². The molecule has 2 fully saturated rings. The van der Waals surface area contributed by atoms with Crippen LogP contribution in [0.25, 0.3) is 0 Å². The lowest BCUT2D eigenvalue weighted by Gasteiger charge is -2.34. The standard InChI is InChI=1S/C15H20N2O2/c18-14-5-1-12(2-6-14)15(19)11-16-7-9-17(10-8-16)13-3-4-13/h1-2,5-6,13,18H,3-4,7-11H2. The van der Waals surface area contributed by atoms with E-state index in [-0.39, 0.29) is 11.5 Å². The number of hydrogen-bond acceptors (Lipinski definition) is 4. The monoisotopic (exact) mass is 260 g/mol. The molecule has 1 heterocycles. The Kier molecular flexibility index (Phi) is 3.53. The molecule has 0 spiro atoms. The smallest absolute Gasteiger partial charge is 0.176 e. The molecule has 0 bridgehead atoms. The number of carbonyl (C=O) groups excluding carboxylic acids is 1. The highest BCUT2D eigenvalue weighted by molar-refractivity contribution is 5.97. The van der Waals surface area contributed by atoms with Crippen molar-refractivity contribution < 1.29 is 9.90 Å². The first-order valence-corrected chi connectivity index (χ1v) is 7.01. The Morgan fingerprint density at radius 2 is 1.74 bits per heavy atom. The summed E-state index contributed by atoms with van der Waals surface area (Å²) in [6.45, 7) is 4.64. The maximum Gasteiger partial charge on any atom is 0.176 e. The number of benzene rings is 1. The Bertz CT molecular complexity index is 446. The molecule has 1 N–H and O–H groups in total. The first-order chi connectivity index (χ1) is 9.22. The summed E-state index contributed by atoms with van der Waals surface area (Å²) < 4.78 is 0. The van der Waals surface area contributed by atoms with Crippen LogP contribution >= 0.6 is 0 Å². The van der Waals surface area contributed by atoms with Crippen molar-refractivity contribution in [1.82, 2.24) is 9.80 Å². The fraction of sp³-hybridized carbons (Fsp3) is 0.533. The maximum atomic E-state index is 12.1. The summed E-state index contributed by atoms with van der Waals surface area (Å²) in [4.78, 5) is 16.9. The number of piperazine rings is 1. The fourth-order valence-corrected chi connectivity index (χ4v) is 2.67. The van der Waals surface area contributed by atoms with Crippen LogP contribution in [-0.2, 0) is 0 Å².